The fourth-order valence-corrected chi connectivity index (χ4v) is 4.66. The average Bonchev–Trinajstić information content (AvgIpc) is 2.99. The number of thiophene rings is 1. The zero-order valence-corrected chi connectivity index (χ0v) is 14.2. The molecule has 0 aliphatic carbocycles. The van der Waals surface area contributed by atoms with Crippen molar-refractivity contribution in [2.75, 3.05) is 39.3 Å². The van der Waals surface area contributed by atoms with E-state index in [1.165, 1.54) is 45.6 Å². The Balaban J connectivity index is 1.70. The quantitative estimate of drug-likeness (QED) is 0.923. The summed E-state index contributed by atoms with van der Waals surface area (Å²) < 4.78 is 0. The zero-order chi connectivity index (χ0) is 14.7. The lowest BCUT2D eigenvalue weighted by molar-refractivity contribution is 0.0912. The van der Waals surface area contributed by atoms with Gasteiger partial charge in [-0.15, -0.1) is 11.3 Å². The van der Waals surface area contributed by atoms with Crippen LogP contribution < -0.4 is 5.32 Å². The van der Waals surface area contributed by atoms with Gasteiger partial charge in [0.1, 0.15) is 0 Å². The minimum absolute atomic E-state index is 0.583. The van der Waals surface area contributed by atoms with Crippen LogP contribution in [0, 0.1) is 5.92 Å². The number of nitrogens with one attached hydrogen (secondary N) is 1. The zero-order valence-electron chi connectivity index (χ0n) is 13.4. The molecule has 1 N–H and O–H groups in total. The summed E-state index contributed by atoms with van der Waals surface area (Å²) in [5.41, 5.74) is 0. The Hall–Kier alpha value is -0.420. The molecule has 3 heterocycles. The van der Waals surface area contributed by atoms with Crippen LogP contribution in [0.15, 0.2) is 17.5 Å². The SMILES string of the molecule is CC1CCCN(CC(c2cccs2)N2CCNC(C)C2)C1. The molecule has 4 heteroatoms. The first-order valence-electron chi connectivity index (χ1n) is 8.45. The maximum atomic E-state index is 3.57. The van der Waals surface area contributed by atoms with Crippen LogP contribution in [0.2, 0.25) is 0 Å². The molecule has 3 nitrogen and oxygen atoms in total. The predicted octanol–water partition coefficient (Wildman–Crippen LogP) is 2.81. The molecule has 2 fully saturated rings. The molecule has 3 rings (SSSR count). The van der Waals surface area contributed by atoms with Crippen molar-refractivity contribution in [2.45, 2.75) is 38.8 Å². The minimum Gasteiger partial charge on any atom is -0.312 e. The molecule has 2 aliphatic rings. The van der Waals surface area contributed by atoms with Gasteiger partial charge >= 0.3 is 0 Å². The normalized spacial score (nSPS) is 30.4. The second-order valence-corrected chi connectivity index (χ2v) is 7.87. The summed E-state index contributed by atoms with van der Waals surface area (Å²) in [7, 11) is 0. The highest BCUT2D eigenvalue weighted by atomic mass is 32.1. The molecule has 0 spiro atoms. The molecular formula is C17H29N3S. The van der Waals surface area contributed by atoms with Crippen molar-refractivity contribution in [1.82, 2.24) is 15.1 Å². The fraction of sp³-hybridized carbons (Fsp3) is 0.765. The standard InChI is InChI=1S/C17H29N3S/c1-14-5-3-8-19(11-14)13-16(17-6-4-10-21-17)20-9-7-18-15(2)12-20/h4,6,10,14-16,18H,3,5,7-9,11-13H2,1-2H3. The van der Waals surface area contributed by atoms with Gasteiger partial charge < -0.3 is 10.2 Å². The molecule has 1 aromatic rings. The number of nitrogens with zero attached hydrogens (tertiary/aromatic N) is 2. The molecule has 0 radical (unpaired) electrons. The monoisotopic (exact) mass is 307 g/mol. The van der Waals surface area contributed by atoms with Crippen molar-refractivity contribution in [2.24, 2.45) is 5.92 Å². The number of hydrogen-bond acceptors (Lipinski definition) is 4. The second kappa shape index (κ2) is 7.23. The van der Waals surface area contributed by atoms with Gasteiger partial charge in [0.25, 0.3) is 0 Å². The molecular weight excluding hydrogens is 278 g/mol. The first-order chi connectivity index (χ1) is 10.2. The van der Waals surface area contributed by atoms with Crippen LogP contribution in [-0.4, -0.2) is 55.1 Å². The van der Waals surface area contributed by atoms with Crippen LogP contribution in [-0.2, 0) is 0 Å². The third-order valence-corrected chi connectivity index (χ3v) is 5.86. The molecule has 2 aliphatic heterocycles. The number of hydrogen-bond donors (Lipinski definition) is 1. The number of piperidine rings is 1. The predicted molar refractivity (Wildman–Crippen MR) is 90.9 cm³/mol. The van der Waals surface area contributed by atoms with E-state index in [1.54, 1.807) is 4.88 Å². The van der Waals surface area contributed by atoms with Crippen molar-refractivity contribution >= 4 is 11.3 Å². The first-order valence-corrected chi connectivity index (χ1v) is 9.33. The smallest absolute Gasteiger partial charge is 0.0570 e. The lowest BCUT2D eigenvalue weighted by atomic mass is 9.99. The van der Waals surface area contributed by atoms with Crippen molar-refractivity contribution in [3.8, 4) is 0 Å². The minimum atomic E-state index is 0.583. The molecule has 21 heavy (non-hydrogen) atoms. The molecule has 3 atom stereocenters. The maximum absolute atomic E-state index is 3.57. The molecule has 0 bridgehead atoms. The number of likely N-dealkylation sites (tertiary alicyclic amines) is 1. The van der Waals surface area contributed by atoms with E-state index in [1.807, 2.05) is 11.3 Å². The van der Waals surface area contributed by atoms with Crippen LogP contribution in [0.1, 0.15) is 37.6 Å². The van der Waals surface area contributed by atoms with Gasteiger partial charge in [-0.3, -0.25) is 4.90 Å². The molecule has 1 aromatic heterocycles. The van der Waals surface area contributed by atoms with E-state index in [4.69, 9.17) is 0 Å². The highest BCUT2D eigenvalue weighted by Gasteiger charge is 2.28. The molecule has 0 saturated carbocycles. The van der Waals surface area contributed by atoms with Crippen molar-refractivity contribution < 1.29 is 0 Å². The van der Waals surface area contributed by atoms with E-state index in [-0.39, 0.29) is 0 Å². The summed E-state index contributed by atoms with van der Waals surface area (Å²) >= 11 is 1.93. The van der Waals surface area contributed by atoms with Gasteiger partial charge in [0, 0.05) is 43.6 Å². The van der Waals surface area contributed by atoms with Crippen LogP contribution in [0.5, 0.6) is 0 Å². The van der Waals surface area contributed by atoms with Gasteiger partial charge in [0.05, 0.1) is 6.04 Å². The van der Waals surface area contributed by atoms with Gasteiger partial charge in [-0.2, -0.15) is 0 Å². The molecule has 3 unspecified atom stereocenters. The fourth-order valence-electron chi connectivity index (χ4n) is 3.81. The average molecular weight is 308 g/mol. The summed E-state index contributed by atoms with van der Waals surface area (Å²) in [4.78, 5) is 6.94. The van der Waals surface area contributed by atoms with E-state index in [0.29, 0.717) is 12.1 Å². The largest absolute Gasteiger partial charge is 0.312 e. The van der Waals surface area contributed by atoms with Crippen LogP contribution >= 0.6 is 11.3 Å². The lowest BCUT2D eigenvalue weighted by Gasteiger charge is -2.41. The third kappa shape index (κ3) is 4.07. The second-order valence-electron chi connectivity index (χ2n) is 6.89. The summed E-state index contributed by atoms with van der Waals surface area (Å²) in [5.74, 6) is 0.865. The molecule has 0 amide bonds. The van der Waals surface area contributed by atoms with E-state index >= 15 is 0 Å². The topological polar surface area (TPSA) is 18.5 Å². The Morgan fingerprint density at radius 1 is 1.33 bits per heavy atom. The Labute approximate surface area is 133 Å². The molecule has 0 aromatic carbocycles. The molecule has 2 saturated heterocycles. The Morgan fingerprint density at radius 2 is 2.24 bits per heavy atom. The van der Waals surface area contributed by atoms with Crippen LogP contribution in [0.4, 0.5) is 0 Å². The molecule has 118 valence electrons. The van der Waals surface area contributed by atoms with E-state index in [2.05, 4.69) is 46.5 Å². The summed E-state index contributed by atoms with van der Waals surface area (Å²) in [6.45, 7) is 12.0. The highest BCUT2D eigenvalue weighted by molar-refractivity contribution is 7.10. The van der Waals surface area contributed by atoms with Crippen molar-refractivity contribution in [3.05, 3.63) is 22.4 Å². The van der Waals surface area contributed by atoms with Gasteiger partial charge in [0.2, 0.25) is 0 Å². The summed E-state index contributed by atoms with van der Waals surface area (Å²) in [5, 5.41) is 5.80. The Morgan fingerprint density at radius 3 is 2.95 bits per heavy atom. The Kier molecular flexibility index (Phi) is 5.33. The first kappa shape index (κ1) is 15.5. The van der Waals surface area contributed by atoms with Crippen LogP contribution in [0.25, 0.3) is 0 Å². The van der Waals surface area contributed by atoms with Gasteiger partial charge in [-0.1, -0.05) is 13.0 Å². The van der Waals surface area contributed by atoms with Gasteiger partial charge in [-0.25, -0.2) is 0 Å². The van der Waals surface area contributed by atoms with Crippen molar-refractivity contribution in [1.29, 1.82) is 0 Å². The summed E-state index contributed by atoms with van der Waals surface area (Å²) in [6.07, 6.45) is 2.78. The maximum Gasteiger partial charge on any atom is 0.0570 e. The van der Waals surface area contributed by atoms with Gasteiger partial charge in [-0.05, 0) is 43.7 Å². The highest BCUT2D eigenvalue weighted by Crippen LogP contribution is 2.28. The Bertz CT molecular complexity index is 420. The van der Waals surface area contributed by atoms with E-state index in [9.17, 15) is 0 Å². The third-order valence-electron chi connectivity index (χ3n) is 4.88. The summed E-state index contributed by atoms with van der Waals surface area (Å²) in [6, 6.07) is 5.73. The van der Waals surface area contributed by atoms with Gasteiger partial charge in [0.15, 0.2) is 0 Å². The lowest BCUT2D eigenvalue weighted by Crippen LogP contribution is -2.52. The van der Waals surface area contributed by atoms with Crippen molar-refractivity contribution in [3.63, 3.8) is 0 Å². The van der Waals surface area contributed by atoms with Crippen LogP contribution in [0.3, 0.4) is 0 Å². The number of piperazine rings is 1. The van der Waals surface area contributed by atoms with E-state index in [0.717, 1.165) is 12.5 Å². The van der Waals surface area contributed by atoms with E-state index < -0.39 is 0 Å². The number of rotatable bonds is 4.